The third-order valence-electron chi connectivity index (χ3n) is 17.2. The summed E-state index contributed by atoms with van der Waals surface area (Å²) in [5.74, 6) is 2.50. The van der Waals surface area contributed by atoms with E-state index in [2.05, 4.69) is 65.6 Å². The van der Waals surface area contributed by atoms with Gasteiger partial charge in [0, 0.05) is 35.0 Å². The molecule has 5 aliphatic rings. The number of esters is 1. The second kappa shape index (κ2) is 13.5. The number of allylic oxidation sites excluding steroid dienone is 1. The van der Waals surface area contributed by atoms with E-state index in [0.717, 1.165) is 66.9 Å². The Balaban J connectivity index is 1.10. The molecule has 0 radical (unpaired) electrons. The monoisotopic (exact) mass is 775 g/mol. The molecular formula is C47H61N5O5. The van der Waals surface area contributed by atoms with Crippen LogP contribution in [0.4, 0.5) is 0 Å². The number of carbonyl (C=O) groups excluding carboxylic acids is 1. The van der Waals surface area contributed by atoms with Crippen molar-refractivity contribution in [3.63, 3.8) is 0 Å². The molecule has 4 fully saturated rings. The third kappa shape index (κ3) is 5.48. The van der Waals surface area contributed by atoms with Gasteiger partial charge in [0.15, 0.2) is 5.82 Å². The maximum Gasteiger partial charge on any atom is 0.310 e. The molecule has 10 heteroatoms. The predicted octanol–water partition coefficient (Wildman–Crippen LogP) is 8.75. The Kier molecular flexibility index (Phi) is 9.13. The van der Waals surface area contributed by atoms with E-state index >= 15 is 0 Å². The highest BCUT2D eigenvalue weighted by Crippen LogP contribution is 2.75. The van der Waals surface area contributed by atoms with Crippen LogP contribution in [0.1, 0.15) is 98.6 Å². The van der Waals surface area contributed by atoms with E-state index in [1.165, 1.54) is 5.57 Å². The van der Waals surface area contributed by atoms with E-state index in [4.69, 9.17) is 24.3 Å². The first kappa shape index (κ1) is 38.5. The number of aliphatic hydroxyl groups is 1. The van der Waals surface area contributed by atoms with Crippen LogP contribution in [0.5, 0.6) is 5.75 Å². The Morgan fingerprint density at radius 2 is 1.79 bits per heavy atom. The van der Waals surface area contributed by atoms with Crippen molar-refractivity contribution in [3.8, 4) is 17.1 Å². The largest absolute Gasteiger partial charge is 0.497 e. The molecule has 10 nitrogen and oxygen atoms in total. The van der Waals surface area contributed by atoms with Crippen LogP contribution in [0.2, 0.25) is 0 Å². The second-order valence-corrected chi connectivity index (χ2v) is 19.8. The number of carbonyl (C=O) groups is 1. The Labute approximate surface area is 337 Å². The number of hydrogen-bond acceptors (Lipinski definition) is 8. The smallest absolute Gasteiger partial charge is 0.310 e. The van der Waals surface area contributed by atoms with E-state index < -0.39 is 11.5 Å². The lowest BCUT2D eigenvalue weighted by Gasteiger charge is -2.71. The van der Waals surface area contributed by atoms with Crippen molar-refractivity contribution in [2.24, 2.45) is 56.7 Å². The third-order valence-corrected chi connectivity index (χ3v) is 17.2. The van der Waals surface area contributed by atoms with E-state index in [1.807, 2.05) is 51.8 Å². The van der Waals surface area contributed by atoms with E-state index in [0.29, 0.717) is 25.0 Å². The Morgan fingerprint density at radius 3 is 2.54 bits per heavy atom. The summed E-state index contributed by atoms with van der Waals surface area (Å²) in [4.78, 5) is 24.2. The van der Waals surface area contributed by atoms with Gasteiger partial charge in [0.25, 0.3) is 0 Å². The molecule has 1 N–H and O–H groups in total. The summed E-state index contributed by atoms with van der Waals surface area (Å²) >= 11 is 0. The average Bonchev–Trinajstić information content (AvgIpc) is 3.89. The number of imidazole rings is 1. The van der Waals surface area contributed by atoms with Gasteiger partial charge < -0.3 is 23.7 Å². The fraction of sp³-hybridized carbons (Fsp3) is 0.617. The minimum absolute atomic E-state index is 0.0698. The van der Waals surface area contributed by atoms with Crippen LogP contribution in [-0.2, 0) is 20.9 Å². The number of methoxy groups -OCH3 is 1. The molecule has 4 aliphatic carbocycles. The Morgan fingerprint density at radius 1 is 1.00 bits per heavy atom. The van der Waals surface area contributed by atoms with Crippen molar-refractivity contribution in [2.75, 3.05) is 20.3 Å². The van der Waals surface area contributed by atoms with Crippen LogP contribution >= 0.6 is 0 Å². The molecule has 11 atom stereocenters. The molecule has 1 aromatic carbocycles. The van der Waals surface area contributed by atoms with Gasteiger partial charge in [-0.25, -0.2) is 14.6 Å². The number of ether oxygens (including phenoxy) is 3. The van der Waals surface area contributed by atoms with Crippen LogP contribution in [-0.4, -0.2) is 61.7 Å². The maximum atomic E-state index is 14.9. The molecule has 1 saturated heterocycles. The molecule has 9 rings (SSSR count). The highest BCUT2D eigenvalue weighted by Gasteiger charge is 2.72. The fourth-order valence-corrected chi connectivity index (χ4v) is 13.5. The normalized spacial score (nSPS) is 37.8. The highest BCUT2D eigenvalue weighted by molar-refractivity contribution is 5.75. The lowest BCUT2D eigenvalue weighted by molar-refractivity contribution is -0.241. The van der Waals surface area contributed by atoms with Crippen LogP contribution < -0.4 is 4.74 Å². The number of hydrogen-bond donors (Lipinski definition) is 1. The molecule has 3 saturated carbocycles. The molecule has 3 aromatic heterocycles. The number of pyridine rings is 1. The molecule has 1 aliphatic heterocycles. The number of benzene rings is 1. The first-order valence-electron chi connectivity index (χ1n) is 21.3. The van der Waals surface area contributed by atoms with Gasteiger partial charge in [-0.3, -0.25) is 4.79 Å². The summed E-state index contributed by atoms with van der Waals surface area (Å²) in [5, 5.41) is 17.3. The highest BCUT2D eigenvalue weighted by atomic mass is 16.5. The van der Waals surface area contributed by atoms with E-state index in [-0.39, 0.29) is 58.0 Å². The van der Waals surface area contributed by atoms with Gasteiger partial charge >= 0.3 is 5.97 Å². The summed E-state index contributed by atoms with van der Waals surface area (Å²) < 4.78 is 22.4. The topological polar surface area (TPSA) is 113 Å². The van der Waals surface area contributed by atoms with Gasteiger partial charge in [-0.15, -0.1) is 0 Å². The Hall–Kier alpha value is -4.02. The van der Waals surface area contributed by atoms with Gasteiger partial charge in [0.2, 0.25) is 0 Å². The summed E-state index contributed by atoms with van der Waals surface area (Å²) in [6.45, 7) is 17.9. The molecule has 4 aromatic rings. The van der Waals surface area contributed by atoms with Crippen molar-refractivity contribution in [1.29, 1.82) is 0 Å². The summed E-state index contributed by atoms with van der Waals surface area (Å²) in [6.07, 6.45) is 14.8. The Bertz CT molecular complexity index is 2190. The number of aliphatic hydroxyl groups excluding tert-OH is 1. The van der Waals surface area contributed by atoms with Gasteiger partial charge in [-0.05, 0) is 108 Å². The minimum Gasteiger partial charge on any atom is -0.497 e. The van der Waals surface area contributed by atoms with Crippen LogP contribution in [0.25, 0.3) is 17.0 Å². The molecule has 0 unspecified atom stereocenters. The van der Waals surface area contributed by atoms with Gasteiger partial charge in [-0.2, -0.15) is 5.10 Å². The number of aromatic nitrogens is 5. The average molecular weight is 776 g/mol. The zero-order valence-electron chi connectivity index (χ0n) is 35.1. The SMILES string of the molecule is COc1ccc(COC(=O)[C@@H]2[C@@](C)([C@H](C)C(C)C)CC[C@]3(C)[C@H]4CC[C@@H]5[C@@]6(COC[C@@]5(C)[C@@H](O)[C@H](n5ncnc5-c5ccn7ccnc7c5)C6)C4=CC[C@@]23C)cc1. The van der Waals surface area contributed by atoms with Gasteiger partial charge in [0.05, 0.1) is 38.4 Å². The van der Waals surface area contributed by atoms with E-state index in [9.17, 15) is 9.90 Å². The lowest BCUT2D eigenvalue weighted by Crippen LogP contribution is -2.68. The minimum atomic E-state index is -0.661. The lowest BCUT2D eigenvalue weighted by atomic mass is 9.34. The quantitative estimate of drug-likeness (QED) is 0.140. The van der Waals surface area contributed by atoms with Crippen LogP contribution in [0.3, 0.4) is 0 Å². The summed E-state index contributed by atoms with van der Waals surface area (Å²) in [7, 11) is 1.66. The van der Waals surface area contributed by atoms with Gasteiger partial charge in [-0.1, -0.05) is 72.2 Å². The number of rotatable bonds is 8. The maximum absolute atomic E-state index is 14.9. The summed E-state index contributed by atoms with van der Waals surface area (Å²) in [6, 6.07) is 11.6. The molecule has 0 amide bonds. The molecule has 2 bridgehead atoms. The van der Waals surface area contributed by atoms with Crippen LogP contribution in [0.15, 0.2) is 73.0 Å². The van der Waals surface area contributed by atoms with Gasteiger partial charge in [0.1, 0.15) is 24.3 Å². The van der Waals surface area contributed by atoms with Crippen molar-refractivity contribution in [3.05, 3.63) is 78.5 Å². The standard InChI is InChI=1S/C47H61N5O5/c1-29(2)30(3)43(4)18-19-45(6)34-13-14-37-44(5)26-56-27-47(37,24-36(40(44)53)52-41(49-28-50-52)32-16-21-51-22-20-48-38(51)23-32)35(34)15-17-46(45,7)39(43)42(54)57-25-31-9-11-33(55-8)12-10-31/h9-12,15-16,20-23,28-30,34,36-37,39-40,53H,13-14,17-19,24-27H2,1-8H3/t30-,34+,36-,37+,39-,40+,43-,44-,45-,46+,47+/m1/s1. The zero-order valence-corrected chi connectivity index (χ0v) is 35.1. The van der Waals surface area contributed by atoms with Crippen molar-refractivity contribution >= 4 is 11.6 Å². The fourth-order valence-electron chi connectivity index (χ4n) is 13.5. The number of nitrogens with zero attached hydrogens (tertiary/aromatic N) is 5. The first-order valence-corrected chi connectivity index (χ1v) is 21.3. The van der Waals surface area contributed by atoms with Crippen LogP contribution in [0, 0.1) is 56.7 Å². The number of fused-ring (bicyclic) bond motifs is 4. The van der Waals surface area contributed by atoms with Crippen molar-refractivity contribution < 1.29 is 24.1 Å². The zero-order chi connectivity index (χ0) is 40.1. The molecule has 304 valence electrons. The molecule has 4 heterocycles. The molecule has 57 heavy (non-hydrogen) atoms. The first-order chi connectivity index (χ1) is 27.2. The van der Waals surface area contributed by atoms with E-state index in [1.54, 1.807) is 19.6 Å². The van der Waals surface area contributed by atoms with Crippen molar-refractivity contribution in [2.45, 2.75) is 106 Å². The second-order valence-electron chi connectivity index (χ2n) is 19.8. The predicted molar refractivity (Wildman–Crippen MR) is 218 cm³/mol. The summed E-state index contributed by atoms with van der Waals surface area (Å²) in [5.41, 5.74) is 2.80. The van der Waals surface area contributed by atoms with Crippen molar-refractivity contribution in [1.82, 2.24) is 24.1 Å². The molecule has 0 spiro atoms. The molecular weight excluding hydrogens is 715 g/mol.